The predicted octanol–water partition coefficient (Wildman–Crippen LogP) is 3.07. The zero-order chi connectivity index (χ0) is 15.9. The molecule has 0 unspecified atom stereocenters. The second kappa shape index (κ2) is 8.50. The summed E-state index contributed by atoms with van der Waals surface area (Å²) in [5.41, 5.74) is 1.04. The van der Waals surface area contributed by atoms with E-state index in [1.165, 1.54) is 13.5 Å². The van der Waals surface area contributed by atoms with E-state index in [4.69, 9.17) is 4.74 Å². The Labute approximate surface area is 145 Å². The SMILES string of the molecule is COC(=O)[C@@H](Cc1ccccc1I)NC(=O)C1CCCCC1. The first-order valence-corrected chi connectivity index (χ1v) is 8.81. The Kier molecular flexibility index (Phi) is 6.67. The van der Waals surface area contributed by atoms with Crippen LogP contribution in [0.15, 0.2) is 24.3 Å². The third-order valence-corrected chi connectivity index (χ3v) is 5.21. The lowest BCUT2D eigenvalue weighted by molar-refractivity contribution is -0.145. The number of benzene rings is 1. The van der Waals surface area contributed by atoms with Gasteiger partial charge in [-0.2, -0.15) is 0 Å². The lowest BCUT2D eigenvalue weighted by Gasteiger charge is -2.24. The Hall–Kier alpha value is -1.11. The largest absolute Gasteiger partial charge is 0.467 e. The molecular formula is C17H22INO3. The van der Waals surface area contributed by atoms with Gasteiger partial charge in [0.25, 0.3) is 0 Å². The van der Waals surface area contributed by atoms with Crippen LogP contribution >= 0.6 is 22.6 Å². The molecule has 1 aromatic carbocycles. The molecular weight excluding hydrogens is 393 g/mol. The fourth-order valence-corrected chi connectivity index (χ4v) is 3.48. The minimum Gasteiger partial charge on any atom is -0.467 e. The number of carbonyl (C=O) groups is 2. The summed E-state index contributed by atoms with van der Waals surface area (Å²) in [6.07, 6.45) is 5.69. The molecule has 1 saturated carbocycles. The van der Waals surface area contributed by atoms with Crippen LogP contribution in [0.2, 0.25) is 0 Å². The van der Waals surface area contributed by atoms with E-state index in [1.54, 1.807) is 0 Å². The molecule has 0 spiro atoms. The van der Waals surface area contributed by atoms with Crippen molar-refractivity contribution in [1.29, 1.82) is 0 Å². The minimum atomic E-state index is -0.615. The number of hydrogen-bond donors (Lipinski definition) is 1. The molecule has 1 N–H and O–H groups in total. The Morgan fingerprint density at radius 2 is 1.95 bits per heavy atom. The molecule has 0 bridgehead atoms. The summed E-state index contributed by atoms with van der Waals surface area (Å²) in [7, 11) is 1.36. The molecule has 1 fully saturated rings. The molecule has 1 aromatic rings. The summed E-state index contributed by atoms with van der Waals surface area (Å²) in [5.74, 6) is -0.361. The molecule has 0 saturated heterocycles. The van der Waals surface area contributed by atoms with Gasteiger partial charge in [0.2, 0.25) is 5.91 Å². The van der Waals surface area contributed by atoms with Crippen molar-refractivity contribution in [1.82, 2.24) is 5.32 Å². The van der Waals surface area contributed by atoms with Gasteiger partial charge < -0.3 is 10.1 Å². The molecule has 0 radical (unpaired) electrons. The smallest absolute Gasteiger partial charge is 0.328 e. The van der Waals surface area contributed by atoms with Crippen molar-refractivity contribution in [3.63, 3.8) is 0 Å². The maximum absolute atomic E-state index is 12.4. The summed E-state index contributed by atoms with van der Waals surface area (Å²) in [6.45, 7) is 0. The average molecular weight is 415 g/mol. The summed E-state index contributed by atoms with van der Waals surface area (Å²) in [6, 6.07) is 7.25. The summed E-state index contributed by atoms with van der Waals surface area (Å²) < 4.78 is 5.94. The Balaban J connectivity index is 2.04. The number of nitrogens with one attached hydrogen (secondary N) is 1. The first kappa shape index (κ1) is 17.2. The number of rotatable bonds is 5. The van der Waals surface area contributed by atoms with Crippen molar-refractivity contribution in [2.45, 2.75) is 44.6 Å². The van der Waals surface area contributed by atoms with E-state index < -0.39 is 6.04 Å². The van der Waals surface area contributed by atoms with Crippen LogP contribution in [0.5, 0.6) is 0 Å². The normalized spacial score (nSPS) is 16.8. The van der Waals surface area contributed by atoms with E-state index in [9.17, 15) is 9.59 Å². The lowest BCUT2D eigenvalue weighted by atomic mass is 9.88. The molecule has 2 rings (SSSR count). The number of amides is 1. The van der Waals surface area contributed by atoms with Crippen LogP contribution in [0.4, 0.5) is 0 Å². The van der Waals surface area contributed by atoms with Gasteiger partial charge in [-0.05, 0) is 47.1 Å². The van der Waals surface area contributed by atoms with E-state index in [0.717, 1.165) is 34.8 Å². The molecule has 0 heterocycles. The van der Waals surface area contributed by atoms with Crippen LogP contribution in [-0.2, 0) is 20.7 Å². The molecule has 5 heteroatoms. The number of ether oxygens (including phenoxy) is 1. The number of hydrogen-bond acceptors (Lipinski definition) is 3. The van der Waals surface area contributed by atoms with Crippen LogP contribution in [-0.4, -0.2) is 25.0 Å². The first-order chi connectivity index (χ1) is 10.6. The van der Waals surface area contributed by atoms with Crippen LogP contribution in [0.25, 0.3) is 0 Å². The molecule has 1 amide bonds. The molecule has 4 nitrogen and oxygen atoms in total. The van der Waals surface area contributed by atoms with Gasteiger partial charge in [-0.1, -0.05) is 37.5 Å². The van der Waals surface area contributed by atoms with Crippen molar-refractivity contribution in [2.24, 2.45) is 5.92 Å². The molecule has 120 valence electrons. The maximum Gasteiger partial charge on any atom is 0.328 e. The number of methoxy groups -OCH3 is 1. The van der Waals surface area contributed by atoms with Crippen LogP contribution in [0.3, 0.4) is 0 Å². The van der Waals surface area contributed by atoms with E-state index in [1.807, 2.05) is 24.3 Å². The fourth-order valence-electron chi connectivity index (χ4n) is 2.87. The molecule has 22 heavy (non-hydrogen) atoms. The standard InChI is InChI=1S/C17H22INO3/c1-22-17(21)15(11-13-9-5-6-10-14(13)18)19-16(20)12-7-3-2-4-8-12/h5-6,9-10,12,15H,2-4,7-8,11H2,1H3,(H,19,20)/t15-/m1/s1. The third-order valence-electron chi connectivity index (χ3n) is 4.16. The average Bonchev–Trinajstić information content (AvgIpc) is 2.56. The fraction of sp³-hybridized carbons (Fsp3) is 0.529. The lowest BCUT2D eigenvalue weighted by Crippen LogP contribution is -2.46. The van der Waals surface area contributed by atoms with Crippen LogP contribution in [0, 0.1) is 9.49 Å². The van der Waals surface area contributed by atoms with Gasteiger partial charge in [0, 0.05) is 15.9 Å². The molecule has 0 aliphatic heterocycles. The minimum absolute atomic E-state index is 0.0129. The summed E-state index contributed by atoms with van der Waals surface area (Å²) in [5, 5.41) is 2.90. The molecule has 1 aliphatic rings. The molecule has 0 aromatic heterocycles. The monoisotopic (exact) mass is 415 g/mol. The highest BCUT2D eigenvalue weighted by molar-refractivity contribution is 14.1. The zero-order valence-corrected chi connectivity index (χ0v) is 15.0. The first-order valence-electron chi connectivity index (χ1n) is 7.73. The molecule has 1 aliphatic carbocycles. The number of carbonyl (C=O) groups excluding carboxylic acids is 2. The van der Waals surface area contributed by atoms with E-state index in [2.05, 4.69) is 27.9 Å². The third kappa shape index (κ3) is 4.69. The second-order valence-electron chi connectivity index (χ2n) is 5.71. The number of halogens is 1. The molecule has 1 atom stereocenters. The summed E-state index contributed by atoms with van der Waals surface area (Å²) in [4.78, 5) is 24.4. The topological polar surface area (TPSA) is 55.4 Å². The van der Waals surface area contributed by atoms with Crippen LogP contribution in [0.1, 0.15) is 37.7 Å². The highest BCUT2D eigenvalue weighted by Gasteiger charge is 2.27. The van der Waals surface area contributed by atoms with E-state index >= 15 is 0 Å². The van der Waals surface area contributed by atoms with Gasteiger partial charge in [-0.25, -0.2) is 4.79 Å². The predicted molar refractivity (Wildman–Crippen MR) is 93.4 cm³/mol. The van der Waals surface area contributed by atoms with Gasteiger partial charge in [0.05, 0.1) is 7.11 Å². The van der Waals surface area contributed by atoms with E-state index in [0.29, 0.717) is 6.42 Å². The quantitative estimate of drug-likeness (QED) is 0.594. The van der Waals surface area contributed by atoms with Crippen molar-refractivity contribution in [3.05, 3.63) is 33.4 Å². The van der Waals surface area contributed by atoms with Crippen molar-refractivity contribution < 1.29 is 14.3 Å². The Morgan fingerprint density at radius 3 is 2.59 bits per heavy atom. The van der Waals surface area contributed by atoms with Gasteiger partial charge in [-0.15, -0.1) is 0 Å². The zero-order valence-electron chi connectivity index (χ0n) is 12.8. The van der Waals surface area contributed by atoms with E-state index in [-0.39, 0.29) is 17.8 Å². The maximum atomic E-state index is 12.4. The number of esters is 1. The highest BCUT2D eigenvalue weighted by Crippen LogP contribution is 2.24. The van der Waals surface area contributed by atoms with Gasteiger partial charge in [0.15, 0.2) is 0 Å². The van der Waals surface area contributed by atoms with Crippen molar-refractivity contribution >= 4 is 34.5 Å². The van der Waals surface area contributed by atoms with Crippen LogP contribution < -0.4 is 5.32 Å². The van der Waals surface area contributed by atoms with Crippen molar-refractivity contribution in [3.8, 4) is 0 Å². The van der Waals surface area contributed by atoms with Gasteiger partial charge in [-0.3, -0.25) is 4.79 Å². The highest BCUT2D eigenvalue weighted by atomic mass is 127. The van der Waals surface area contributed by atoms with Gasteiger partial charge in [0.1, 0.15) is 6.04 Å². The summed E-state index contributed by atoms with van der Waals surface area (Å²) >= 11 is 2.24. The van der Waals surface area contributed by atoms with Crippen molar-refractivity contribution in [2.75, 3.05) is 7.11 Å². The Bertz CT molecular complexity index is 526. The van der Waals surface area contributed by atoms with Gasteiger partial charge >= 0.3 is 5.97 Å². The second-order valence-corrected chi connectivity index (χ2v) is 6.88. The Morgan fingerprint density at radius 1 is 1.27 bits per heavy atom.